The molecule has 3 heterocycles. The van der Waals surface area contributed by atoms with Crippen LogP contribution in [-0.4, -0.2) is 35.8 Å². The lowest BCUT2D eigenvalue weighted by Gasteiger charge is -2.23. The van der Waals surface area contributed by atoms with E-state index in [0.29, 0.717) is 56.7 Å². The lowest BCUT2D eigenvalue weighted by atomic mass is 9.97. The summed E-state index contributed by atoms with van der Waals surface area (Å²) in [5.74, 6) is 1.02. The average molecular weight is 590 g/mol. The van der Waals surface area contributed by atoms with Gasteiger partial charge in [-0.1, -0.05) is 23.5 Å². The number of benzene rings is 2. The van der Waals surface area contributed by atoms with Gasteiger partial charge in [-0.2, -0.15) is 0 Å². The first-order valence-corrected chi connectivity index (χ1v) is 13.9. The molecule has 216 valence electrons. The minimum Gasteiger partial charge on any atom is -0.490 e. The number of thiazole rings is 1. The quantitative estimate of drug-likeness (QED) is 0.160. The summed E-state index contributed by atoms with van der Waals surface area (Å²) < 4.78 is 24.1. The number of methoxy groups -OCH3 is 1. The van der Waals surface area contributed by atoms with Crippen molar-refractivity contribution in [2.75, 3.05) is 20.3 Å². The Morgan fingerprint density at radius 1 is 1.12 bits per heavy atom. The normalized spacial score (nSPS) is 14.5. The molecule has 1 aliphatic rings. The van der Waals surface area contributed by atoms with E-state index < -0.39 is 22.5 Å². The van der Waals surface area contributed by atoms with Gasteiger partial charge in [0.1, 0.15) is 11.5 Å². The predicted molar refractivity (Wildman–Crippen MR) is 155 cm³/mol. The molecule has 0 radical (unpaired) electrons. The van der Waals surface area contributed by atoms with Gasteiger partial charge < -0.3 is 18.6 Å². The highest BCUT2D eigenvalue weighted by atomic mass is 32.1. The number of hydrogen-bond acceptors (Lipinski definition) is 10. The van der Waals surface area contributed by atoms with Crippen LogP contribution in [0.5, 0.6) is 11.5 Å². The van der Waals surface area contributed by atoms with Crippen molar-refractivity contribution in [1.29, 1.82) is 0 Å². The van der Waals surface area contributed by atoms with Crippen LogP contribution in [0.3, 0.4) is 0 Å². The number of carbonyl (C=O) groups is 1. The second-order valence-electron chi connectivity index (χ2n) is 9.23. The Hall–Kier alpha value is -4.97. The first-order chi connectivity index (χ1) is 20.2. The summed E-state index contributed by atoms with van der Waals surface area (Å²) >= 11 is 1.12. The summed E-state index contributed by atoms with van der Waals surface area (Å²) in [5.41, 5.74) is 1.38. The van der Waals surface area contributed by atoms with Crippen molar-refractivity contribution in [3.05, 3.63) is 107 Å². The molecule has 0 spiro atoms. The van der Waals surface area contributed by atoms with Crippen LogP contribution in [-0.2, 0) is 9.53 Å². The van der Waals surface area contributed by atoms with Crippen molar-refractivity contribution in [2.45, 2.75) is 26.8 Å². The number of nitro benzene ring substituents is 1. The average Bonchev–Trinajstić information content (AvgIpc) is 3.57. The van der Waals surface area contributed by atoms with Gasteiger partial charge in [0.05, 0.1) is 47.0 Å². The Bertz CT molecular complexity index is 1900. The van der Waals surface area contributed by atoms with Gasteiger partial charge in [0.15, 0.2) is 16.3 Å². The van der Waals surface area contributed by atoms with Crippen molar-refractivity contribution < 1.29 is 28.3 Å². The molecule has 12 heteroatoms. The Balaban J connectivity index is 1.61. The summed E-state index contributed by atoms with van der Waals surface area (Å²) in [6.07, 6.45) is 2.96. The minimum atomic E-state index is -0.840. The van der Waals surface area contributed by atoms with Gasteiger partial charge in [-0.3, -0.25) is 19.5 Å². The van der Waals surface area contributed by atoms with Gasteiger partial charge in [-0.15, -0.1) is 0 Å². The van der Waals surface area contributed by atoms with Gasteiger partial charge in [-0.05, 0) is 62.2 Å². The maximum absolute atomic E-state index is 13.8. The van der Waals surface area contributed by atoms with Crippen LogP contribution in [0.4, 0.5) is 5.69 Å². The molecule has 4 aromatic rings. The van der Waals surface area contributed by atoms with Crippen LogP contribution in [0.25, 0.3) is 17.4 Å². The lowest BCUT2D eigenvalue weighted by Crippen LogP contribution is -2.39. The molecule has 42 heavy (non-hydrogen) atoms. The second-order valence-corrected chi connectivity index (χ2v) is 10.2. The maximum Gasteiger partial charge on any atom is 0.337 e. The molecule has 0 fully saturated rings. The number of hydrogen-bond donors (Lipinski definition) is 0. The van der Waals surface area contributed by atoms with E-state index in [1.165, 1.54) is 23.9 Å². The third-order valence-corrected chi connectivity index (χ3v) is 7.52. The number of aryl methyl sites for hydroxylation is 1. The zero-order valence-electron chi connectivity index (χ0n) is 23.3. The van der Waals surface area contributed by atoms with Crippen molar-refractivity contribution >= 4 is 29.1 Å². The Labute approximate surface area is 243 Å². The highest BCUT2D eigenvalue weighted by Crippen LogP contribution is 2.35. The number of rotatable bonds is 9. The molecule has 0 saturated heterocycles. The number of aromatic nitrogens is 1. The standard InChI is InChI=1S/C30H27N3O8S/c1-5-39-24-11-8-18(14-25(24)40-6-2)27-21(29(35)38-4)16-31-30-32(27)28(34)26(42-30)15-19-9-12-23(41-19)20-10-7-17(3)13-22(20)33(36)37/h7-16,27H,5-6H2,1-4H3/b26-15+/t27-/m1/s1. The third-order valence-electron chi connectivity index (χ3n) is 6.52. The van der Waals surface area contributed by atoms with E-state index in [1.54, 1.807) is 55.5 Å². The Morgan fingerprint density at radius 3 is 2.60 bits per heavy atom. The van der Waals surface area contributed by atoms with Gasteiger partial charge in [0, 0.05) is 18.3 Å². The molecule has 2 aromatic heterocycles. The van der Waals surface area contributed by atoms with E-state index in [4.69, 9.17) is 18.6 Å². The second kappa shape index (κ2) is 11.9. The molecule has 0 unspecified atom stereocenters. The molecule has 1 aliphatic heterocycles. The molecule has 0 bridgehead atoms. The Kier molecular flexibility index (Phi) is 8.07. The smallest absolute Gasteiger partial charge is 0.337 e. The number of ether oxygens (including phenoxy) is 3. The monoisotopic (exact) mass is 589 g/mol. The van der Waals surface area contributed by atoms with Crippen molar-refractivity contribution in [3.8, 4) is 22.8 Å². The summed E-state index contributed by atoms with van der Waals surface area (Å²) in [5, 5.41) is 11.6. The number of nitro groups is 1. The van der Waals surface area contributed by atoms with Crippen LogP contribution < -0.4 is 24.4 Å². The van der Waals surface area contributed by atoms with Gasteiger partial charge >= 0.3 is 5.97 Å². The molecule has 2 aromatic carbocycles. The van der Waals surface area contributed by atoms with Crippen molar-refractivity contribution in [2.24, 2.45) is 4.99 Å². The molecular formula is C30H27N3O8S. The van der Waals surface area contributed by atoms with Gasteiger partial charge in [-0.25, -0.2) is 9.79 Å². The van der Waals surface area contributed by atoms with Crippen LogP contribution in [0, 0.1) is 17.0 Å². The summed E-state index contributed by atoms with van der Waals surface area (Å²) in [4.78, 5) is 42.5. The number of carbonyl (C=O) groups excluding carboxylic acids is 1. The SMILES string of the molecule is CCOc1ccc([C@@H]2C(C(=O)OC)=CN=c3s/c(=C/c4ccc(-c5ccc(C)cc5[N+](=O)[O-])o4)c(=O)n32)cc1OCC. The number of nitrogens with zero attached hydrogens (tertiary/aromatic N) is 3. The fraction of sp³-hybridized carbons (Fsp3) is 0.233. The van der Waals surface area contributed by atoms with E-state index in [2.05, 4.69) is 4.99 Å². The largest absolute Gasteiger partial charge is 0.490 e. The van der Waals surface area contributed by atoms with Crippen LogP contribution in [0.2, 0.25) is 0 Å². The molecule has 0 aliphatic carbocycles. The van der Waals surface area contributed by atoms with E-state index in [-0.39, 0.29) is 11.3 Å². The molecule has 0 saturated carbocycles. The molecule has 0 N–H and O–H groups in total. The Morgan fingerprint density at radius 2 is 1.88 bits per heavy atom. The molecule has 11 nitrogen and oxygen atoms in total. The minimum absolute atomic E-state index is 0.0765. The molecule has 5 rings (SSSR count). The van der Waals surface area contributed by atoms with Crippen LogP contribution in [0.15, 0.2) is 74.5 Å². The fourth-order valence-corrected chi connectivity index (χ4v) is 5.64. The van der Waals surface area contributed by atoms with E-state index in [1.807, 2.05) is 13.8 Å². The predicted octanol–water partition coefficient (Wildman–Crippen LogP) is 4.29. The van der Waals surface area contributed by atoms with Gasteiger partial charge in [0.25, 0.3) is 11.2 Å². The zero-order chi connectivity index (χ0) is 30.0. The third kappa shape index (κ3) is 5.36. The van der Waals surface area contributed by atoms with E-state index >= 15 is 0 Å². The number of furan rings is 1. The number of fused-ring (bicyclic) bond motifs is 1. The molecule has 0 amide bonds. The van der Waals surface area contributed by atoms with Crippen LogP contribution >= 0.6 is 11.3 Å². The summed E-state index contributed by atoms with van der Waals surface area (Å²) in [6, 6.07) is 12.5. The van der Waals surface area contributed by atoms with Crippen molar-refractivity contribution in [1.82, 2.24) is 4.57 Å². The highest BCUT2D eigenvalue weighted by Gasteiger charge is 2.31. The van der Waals surface area contributed by atoms with E-state index in [0.717, 1.165) is 16.9 Å². The molecule has 1 atom stereocenters. The summed E-state index contributed by atoms with van der Waals surface area (Å²) in [6.45, 7) is 6.32. The van der Waals surface area contributed by atoms with E-state index in [9.17, 15) is 19.7 Å². The van der Waals surface area contributed by atoms with Crippen molar-refractivity contribution in [3.63, 3.8) is 0 Å². The summed E-state index contributed by atoms with van der Waals surface area (Å²) in [7, 11) is 1.27. The van der Waals surface area contributed by atoms with Crippen LogP contribution in [0.1, 0.15) is 36.8 Å². The maximum atomic E-state index is 13.8. The first kappa shape index (κ1) is 28.6. The number of esters is 1. The highest BCUT2D eigenvalue weighted by molar-refractivity contribution is 7.07. The first-order valence-electron chi connectivity index (χ1n) is 13.1. The lowest BCUT2D eigenvalue weighted by molar-refractivity contribution is -0.384. The topological polar surface area (TPSA) is 135 Å². The van der Waals surface area contributed by atoms with Gasteiger partial charge in [0.2, 0.25) is 0 Å². The fourth-order valence-electron chi connectivity index (χ4n) is 4.69. The molecular weight excluding hydrogens is 562 g/mol. The zero-order valence-corrected chi connectivity index (χ0v) is 24.1.